The second kappa shape index (κ2) is 7.63. The van der Waals surface area contributed by atoms with Crippen LogP contribution in [0.15, 0.2) is 34.9 Å². The fraction of sp³-hybridized carbons (Fsp3) is 0.474. The molecule has 2 aliphatic rings. The lowest BCUT2D eigenvalue weighted by atomic mass is 10.2. The van der Waals surface area contributed by atoms with Crippen LogP contribution >= 0.6 is 11.3 Å². The van der Waals surface area contributed by atoms with Gasteiger partial charge in [0.15, 0.2) is 5.76 Å². The highest BCUT2D eigenvalue weighted by atomic mass is 32.1. The highest BCUT2D eigenvalue weighted by molar-refractivity contribution is 7.14. The molecule has 2 saturated heterocycles. The summed E-state index contributed by atoms with van der Waals surface area (Å²) >= 11 is 1.59. The molecule has 4 heterocycles. The van der Waals surface area contributed by atoms with E-state index in [9.17, 15) is 9.59 Å². The van der Waals surface area contributed by atoms with Gasteiger partial charge in [-0.1, -0.05) is 0 Å². The average Bonchev–Trinajstić information content (AvgIpc) is 3.39. The molecule has 0 saturated carbocycles. The van der Waals surface area contributed by atoms with Crippen molar-refractivity contribution < 1.29 is 14.0 Å². The molecule has 2 amide bonds. The maximum atomic E-state index is 12.9. The zero-order valence-electron chi connectivity index (χ0n) is 14.6. The number of hydrogen-bond donors (Lipinski definition) is 1. The van der Waals surface area contributed by atoms with Crippen LogP contribution in [0.25, 0.3) is 0 Å². The maximum Gasteiger partial charge on any atom is 0.289 e. The third-order valence-electron chi connectivity index (χ3n) is 5.04. The number of nitrogens with one attached hydrogen (secondary N) is 1. The van der Waals surface area contributed by atoms with Gasteiger partial charge in [-0.15, -0.1) is 11.3 Å². The van der Waals surface area contributed by atoms with Gasteiger partial charge in [0.25, 0.3) is 11.8 Å². The molecular formula is C19H23N3O3S. The number of hydrogen-bond acceptors (Lipinski definition) is 5. The molecule has 7 heteroatoms. The Bertz CT molecular complexity index is 765. The fourth-order valence-electron chi connectivity index (χ4n) is 3.62. The van der Waals surface area contributed by atoms with Crippen molar-refractivity contribution in [3.05, 3.63) is 46.0 Å². The minimum absolute atomic E-state index is 0.0755. The molecule has 0 spiro atoms. The van der Waals surface area contributed by atoms with Crippen LogP contribution in [0.3, 0.4) is 0 Å². The van der Waals surface area contributed by atoms with Crippen LogP contribution in [0.4, 0.5) is 0 Å². The first-order valence-electron chi connectivity index (χ1n) is 9.17. The smallest absolute Gasteiger partial charge is 0.289 e. The van der Waals surface area contributed by atoms with Crippen molar-refractivity contribution in [1.29, 1.82) is 0 Å². The van der Waals surface area contributed by atoms with Gasteiger partial charge in [-0.2, -0.15) is 0 Å². The summed E-state index contributed by atoms with van der Waals surface area (Å²) < 4.78 is 5.21. The fourth-order valence-corrected chi connectivity index (χ4v) is 4.70. The Morgan fingerprint density at radius 3 is 2.54 bits per heavy atom. The van der Waals surface area contributed by atoms with E-state index < -0.39 is 0 Å². The number of nitrogens with zero attached hydrogens (tertiary/aromatic N) is 2. The van der Waals surface area contributed by atoms with E-state index in [1.165, 1.54) is 17.6 Å². The number of thiophene rings is 1. The van der Waals surface area contributed by atoms with E-state index in [0.29, 0.717) is 38.0 Å². The van der Waals surface area contributed by atoms with Crippen molar-refractivity contribution in [2.45, 2.75) is 25.3 Å². The lowest BCUT2D eigenvalue weighted by Crippen LogP contribution is -2.37. The molecule has 0 aliphatic carbocycles. The molecule has 26 heavy (non-hydrogen) atoms. The van der Waals surface area contributed by atoms with Crippen LogP contribution in [-0.2, 0) is 0 Å². The summed E-state index contributed by atoms with van der Waals surface area (Å²) in [6.45, 7) is 3.46. The Balaban J connectivity index is 1.39. The van der Waals surface area contributed by atoms with Gasteiger partial charge in [0.1, 0.15) is 0 Å². The quantitative estimate of drug-likeness (QED) is 0.898. The molecule has 0 bridgehead atoms. The van der Waals surface area contributed by atoms with E-state index in [0.717, 1.165) is 24.3 Å². The van der Waals surface area contributed by atoms with Crippen molar-refractivity contribution >= 4 is 23.2 Å². The second-order valence-electron chi connectivity index (χ2n) is 6.77. The summed E-state index contributed by atoms with van der Waals surface area (Å²) in [6, 6.07) is 7.81. The Hall–Kier alpha value is -2.12. The highest BCUT2D eigenvalue weighted by Crippen LogP contribution is 2.30. The van der Waals surface area contributed by atoms with E-state index in [1.54, 1.807) is 28.4 Å². The van der Waals surface area contributed by atoms with Crippen LogP contribution < -0.4 is 5.32 Å². The SMILES string of the molecule is O=C(c1ccco1)N1CCCN(C(=O)c2ccc(C3CCCN3)s2)CC1. The minimum atomic E-state index is -0.102. The predicted octanol–water partition coefficient (Wildman–Crippen LogP) is 2.75. The normalized spacial score (nSPS) is 21.0. The molecule has 0 aromatic carbocycles. The summed E-state index contributed by atoms with van der Waals surface area (Å²) in [5.41, 5.74) is 0. The number of carbonyl (C=O) groups excluding carboxylic acids is 2. The third kappa shape index (κ3) is 3.54. The molecule has 2 aromatic rings. The first-order chi connectivity index (χ1) is 12.7. The van der Waals surface area contributed by atoms with E-state index >= 15 is 0 Å². The molecule has 2 aromatic heterocycles. The van der Waals surface area contributed by atoms with Gasteiger partial charge in [0.05, 0.1) is 11.1 Å². The standard InChI is InChI=1S/C19H23N3O3S/c23-18(15-5-2-13-25-15)21-9-3-10-22(12-11-21)19(24)17-7-6-16(26-17)14-4-1-8-20-14/h2,5-7,13-14,20H,1,3-4,8-12H2. The molecule has 1 N–H and O–H groups in total. The summed E-state index contributed by atoms with van der Waals surface area (Å²) in [6.07, 6.45) is 4.62. The average molecular weight is 373 g/mol. The molecule has 1 unspecified atom stereocenters. The molecule has 2 aliphatic heterocycles. The number of rotatable bonds is 3. The molecule has 1 atom stereocenters. The van der Waals surface area contributed by atoms with Crippen LogP contribution in [0, 0.1) is 0 Å². The van der Waals surface area contributed by atoms with Gasteiger partial charge < -0.3 is 19.5 Å². The van der Waals surface area contributed by atoms with Gasteiger partial charge in [-0.05, 0) is 50.1 Å². The Morgan fingerprint density at radius 2 is 1.85 bits per heavy atom. The van der Waals surface area contributed by atoms with Gasteiger partial charge in [-0.3, -0.25) is 9.59 Å². The van der Waals surface area contributed by atoms with Crippen LogP contribution in [0.5, 0.6) is 0 Å². The summed E-state index contributed by atoms with van der Waals surface area (Å²) in [7, 11) is 0. The molecular weight excluding hydrogens is 350 g/mol. The second-order valence-corrected chi connectivity index (χ2v) is 7.88. The lowest BCUT2D eigenvalue weighted by Gasteiger charge is -2.21. The molecule has 2 fully saturated rings. The Kier molecular flexibility index (Phi) is 5.08. The summed E-state index contributed by atoms with van der Waals surface area (Å²) in [5, 5.41) is 3.48. The largest absolute Gasteiger partial charge is 0.459 e. The van der Waals surface area contributed by atoms with E-state index in [2.05, 4.69) is 11.4 Å². The zero-order valence-corrected chi connectivity index (χ0v) is 15.5. The first kappa shape index (κ1) is 17.3. The van der Waals surface area contributed by atoms with Gasteiger partial charge in [-0.25, -0.2) is 0 Å². The number of furan rings is 1. The van der Waals surface area contributed by atoms with Gasteiger partial charge in [0, 0.05) is 37.1 Å². The Morgan fingerprint density at radius 1 is 1.04 bits per heavy atom. The van der Waals surface area contributed by atoms with Gasteiger partial charge >= 0.3 is 0 Å². The van der Waals surface area contributed by atoms with Crippen molar-refractivity contribution in [1.82, 2.24) is 15.1 Å². The molecule has 6 nitrogen and oxygen atoms in total. The summed E-state index contributed by atoms with van der Waals surface area (Å²) in [4.78, 5) is 31.0. The minimum Gasteiger partial charge on any atom is -0.459 e. The molecule has 138 valence electrons. The molecule has 0 radical (unpaired) electrons. The maximum absolute atomic E-state index is 12.9. The third-order valence-corrected chi connectivity index (χ3v) is 6.23. The monoisotopic (exact) mass is 373 g/mol. The lowest BCUT2D eigenvalue weighted by molar-refractivity contribution is 0.0702. The predicted molar refractivity (Wildman–Crippen MR) is 99.4 cm³/mol. The van der Waals surface area contributed by atoms with E-state index in [4.69, 9.17) is 4.42 Å². The topological polar surface area (TPSA) is 65.8 Å². The van der Waals surface area contributed by atoms with Crippen molar-refractivity contribution in [3.63, 3.8) is 0 Å². The van der Waals surface area contributed by atoms with Crippen molar-refractivity contribution in [2.24, 2.45) is 0 Å². The van der Waals surface area contributed by atoms with E-state index in [-0.39, 0.29) is 11.8 Å². The van der Waals surface area contributed by atoms with Crippen molar-refractivity contribution in [3.8, 4) is 0 Å². The highest BCUT2D eigenvalue weighted by Gasteiger charge is 2.26. The zero-order chi connectivity index (χ0) is 17.9. The number of amides is 2. The van der Waals surface area contributed by atoms with Crippen molar-refractivity contribution in [2.75, 3.05) is 32.7 Å². The van der Waals surface area contributed by atoms with Crippen LogP contribution in [-0.4, -0.2) is 54.3 Å². The van der Waals surface area contributed by atoms with Gasteiger partial charge in [0.2, 0.25) is 0 Å². The molecule has 4 rings (SSSR count). The van der Waals surface area contributed by atoms with E-state index in [1.807, 2.05) is 11.0 Å². The number of carbonyl (C=O) groups is 2. The van der Waals surface area contributed by atoms with Crippen LogP contribution in [0.1, 0.15) is 50.4 Å². The van der Waals surface area contributed by atoms with Crippen LogP contribution in [0.2, 0.25) is 0 Å². The summed E-state index contributed by atoms with van der Waals surface area (Å²) in [5.74, 6) is 0.332. The Labute approximate surface area is 156 Å². The first-order valence-corrected chi connectivity index (χ1v) is 9.99.